The Hall–Kier alpha value is -2.09. The lowest BCUT2D eigenvalue weighted by atomic mass is 10.3. The molecule has 90 valence electrons. The molecule has 2 amide bonds. The van der Waals surface area contributed by atoms with Gasteiger partial charge in [0.1, 0.15) is 5.82 Å². The number of nitriles is 1. The quantitative estimate of drug-likeness (QED) is 0.872. The number of carbonyl (C=O) groups is 1. The normalized spacial score (nSPS) is 9.47. The van der Waals surface area contributed by atoms with Crippen LogP contribution in [0.25, 0.3) is 0 Å². The Bertz CT molecular complexity index is 428. The number of amides is 2. The fraction of sp³-hybridized carbons (Fsp3) is 0.333. The van der Waals surface area contributed by atoms with Crippen LogP contribution >= 0.6 is 0 Å². The SMILES string of the molecule is CCN(CCC#N)C(=O)Nc1cccc(F)c1. The zero-order valence-electron chi connectivity index (χ0n) is 9.61. The van der Waals surface area contributed by atoms with E-state index in [1.807, 2.05) is 13.0 Å². The smallest absolute Gasteiger partial charge is 0.321 e. The van der Waals surface area contributed by atoms with Gasteiger partial charge in [0.15, 0.2) is 0 Å². The Labute approximate surface area is 99.7 Å². The molecule has 0 aromatic heterocycles. The van der Waals surface area contributed by atoms with Gasteiger partial charge in [0, 0.05) is 18.8 Å². The Balaban J connectivity index is 2.61. The van der Waals surface area contributed by atoms with Crippen molar-refractivity contribution in [2.45, 2.75) is 13.3 Å². The van der Waals surface area contributed by atoms with Gasteiger partial charge in [-0.3, -0.25) is 0 Å². The van der Waals surface area contributed by atoms with Crippen LogP contribution in [-0.4, -0.2) is 24.0 Å². The number of urea groups is 1. The highest BCUT2D eigenvalue weighted by molar-refractivity contribution is 5.89. The van der Waals surface area contributed by atoms with Gasteiger partial charge in [-0.05, 0) is 25.1 Å². The Morgan fingerprint density at radius 2 is 2.35 bits per heavy atom. The molecule has 0 aliphatic carbocycles. The molecule has 0 aliphatic heterocycles. The van der Waals surface area contributed by atoms with E-state index in [2.05, 4.69) is 5.32 Å². The lowest BCUT2D eigenvalue weighted by Crippen LogP contribution is -2.35. The molecule has 1 aromatic carbocycles. The average molecular weight is 235 g/mol. The van der Waals surface area contributed by atoms with E-state index in [-0.39, 0.29) is 12.5 Å². The van der Waals surface area contributed by atoms with Crippen LogP contribution in [0, 0.1) is 17.1 Å². The van der Waals surface area contributed by atoms with E-state index in [4.69, 9.17) is 5.26 Å². The molecule has 0 heterocycles. The van der Waals surface area contributed by atoms with Crippen LogP contribution in [0.3, 0.4) is 0 Å². The molecule has 0 radical (unpaired) electrons. The third-order valence-electron chi connectivity index (χ3n) is 2.24. The predicted octanol–water partition coefficient (Wildman–Crippen LogP) is 2.59. The number of nitrogens with one attached hydrogen (secondary N) is 1. The average Bonchev–Trinajstić information content (AvgIpc) is 2.30. The fourth-order valence-corrected chi connectivity index (χ4v) is 1.36. The monoisotopic (exact) mass is 235 g/mol. The van der Waals surface area contributed by atoms with Crippen molar-refractivity contribution in [2.24, 2.45) is 0 Å². The Morgan fingerprint density at radius 1 is 1.59 bits per heavy atom. The molecule has 0 aliphatic rings. The highest BCUT2D eigenvalue weighted by Gasteiger charge is 2.11. The Kier molecular flexibility index (Phi) is 4.95. The van der Waals surface area contributed by atoms with Crippen molar-refractivity contribution in [1.29, 1.82) is 5.26 Å². The number of benzene rings is 1. The molecular formula is C12H14FN3O. The maximum absolute atomic E-state index is 12.9. The van der Waals surface area contributed by atoms with Crippen LogP contribution in [-0.2, 0) is 0 Å². The summed E-state index contributed by atoms with van der Waals surface area (Å²) in [6.45, 7) is 2.69. The number of rotatable bonds is 4. The maximum Gasteiger partial charge on any atom is 0.321 e. The van der Waals surface area contributed by atoms with E-state index in [1.165, 1.54) is 23.1 Å². The van der Waals surface area contributed by atoms with Crippen molar-refractivity contribution in [3.8, 4) is 6.07 Å². The summed E-state index contributed by atoms with van der Waals surface area (Å²) in [5, 5.41) is 11.0. The first kappa shape index (κ1) is 13.0. The number of anilines is 1. The van der Waals surface area contributed by atoms with E-state index < -0.39 is 5.82 Å². The van der Waals surface area contributed by atoms with Crippen LogP contribution in [0.4, 0.5) is 14.9 Å². The highest BCUT2D eigenvalue weighted by atomic mass is 19.1. The van der Waals surface area contributed by atoms with Crippen LogP contribution in [0.2, 0.25) is 0 Å². The second kappa shape index (κ2) is 6.48. The molecule has 0 atom stereocenters. The standard InChI is InChI=1S/C12H14FN3O/c1-2-16(8-4-7-14)12(17)15-11-6-3-5-10(13)9-11/h3,5-6,9H,2,4,8H2,1H3,(H,15,17). The zero-order chi connectivity index (χ0) is 12.7. The summed E-state index contributed by atoms with van der Waals surface area (Å²) in [5.41, 5.74) is 0.408. The maximum atomic E-state index is 12.9. The minimum absolute atomic E-state index is 0.282. The second-order valence-corrected chi connectivity index (χ2v) is 3.43. The highest BCUT2D eigenvalue weighted by Crippen LogP contribution is 2.10. The van der Waals surface area contributed by atoms with Gasteiger partial charge in [0.25, 0.3) is 0 Å². The van der Waals surface area contributed by atoms with Crippen molar-refractivity contribution >= 4 is 11.7 Å². The van der Waals surface area contributed by atoms with Crippen LogP contribution in [0.5, 0.6) is 0 Å². The van der Waals surface area contributed by atoms with Crippen molar-refractivity contribution in [2.75, 3.05) is 18.4 Å². The number of hydrogen-bond donors (Lipinski definition) is 1. The van der Waals surface area contributed by atoms with Crippen molar-refractivity contribution < 1.29 is 9.18 Å². The molecule has 1 N–H and O–H groups in total. The lowest BCUT2D eigenvalue weighted by Gasteiger charge is -2.19. The molecule has 5 heteroatoms. The summed E-state index contributed by atoms with van der Waals surface area (Å²) < 4.78 is 12.9. The van der Waals surface area contributed by atoms with Gasteiger partial charge in [-0.15, -0.1) is 0 Å². The number of halogens is 1. The molecule has 4 nitrogen and oxygen atoms in total. The van der Waals surface area contributed by atoms with Gasteiger partial charge < -0.3 is 10.2 Å². The van der Waals surface area contributed by atoms with Gasteiger partial charge in [-0.25, -0.2) is 9.18 Å². The minimum atomic E-state index is -0.400. The van der Waals surface area contributed by atoms with Crippen molar-refractivity contribution in [3.05, 3.63) is 30.1 Å². The molecule has 17 heavy (non-hydrogen) atoms. The van der Waals surface area contributed by atoms with E-state index in [0.717, 1.165) is 0 Å². The largest absolute Gasteiger partial charge is 0.324 e. The van der Waals surface area contributed by atoms with Crippen molar-refractivity contribution in [3.63, 3.8) is 0 Å². The first-order valence-corrected chi connectivity index (χ1v) is 5.35. The predicted molar refractivity (Wildman–Crippen MR) is 62.9 cm³/mol. The molecule has 1 rings (SSSR count). The molecule has 0 spiro atoms. The molecule has 0 bridgehead atoms. The van der Waals surface area contributed by atoms with Crippen LogP contribution in [0.15, 0.2) is 24.3 Å². The number of hydrogen-bond acceptors (Lipinski definition) is 2. The number of nitrogens with zero attached hydrogens (tertiary/aromatic N) is 2. The van der Waals surface area contributed by atoms with Gasteiger partial charge >= 0.3 is 6.03 Å². The zero-order valence-corrected chi connectivity index (χ0v) is 9.61. The van der Waals surface area contributed by atoms with Crippen molar-refractivity contribution in [1.82, 2.24) is 4.90 Å². The van der Waals surface area contributed by atoms with Gasteiger partial charge in [0.2, 0.25) is 0 Å². The van der Waals surface area contributed by atoms with Gasteiger partial charge in [0.05, 0.1) is 12.5 Å². The minimum Gasteiger partial charge on any atom is -0.324 e. The summed E-state index contributed by atoms with van der Waals surface area (Å²) >= 11 is 0. The lowest BCUT2D eigenvalue weighted by molar-refractivity contribution is 0.215. The Morgan fingerprint density at radius 3 is 2.94 bits per heavy atom. The second-order valence-electron chi connectivity index (χ2n) is 3.43. The molecule has 0 saturated carbocycles. The first-order valence-electron chi connectivity index (χ1n) is 5.35. The molecule has 0 unspecified atom stereocenters. The third-order valence-corrected chi connectivity index (χ3v) is 2.24. The van der Waals surface area contributed by atoms with Crippen LogP contribution < -0.4 is 5.32 Å². The van der Waals surface area contributed by atoms with Gasteiger partial charge in [-0.1, -0.05) is 6.07 Å². The topological polar surface area (TPSA) is 56.1 Å². The van der Waals surface area contributed by atoms with Crippen LogP contribution in [0.1, 0.15) is 13.3 Å². The summed E-state index contributed by atoms with van der Waals surface area (Å²) in [5.74, 6) is -0.400. The fourth-order valence-electron chi connectivity index (χ4n) is 1.36. The summed E-state index contributed by atoms with van der Waals surface area (Å²) in [7, 11) is 0. The molecule has 0 saturated heterocycles. The van der Waals surface area contributed by atoms with E-state index >= 15 is 0 Å². The van der Waals surface area contributed by atoms with E-state index in [0.29, 0.717) is 18.8 Å². The molecule has 1 aromatic rings. The molecular weight excluding hydrogens is 221 g/mol. The van der Waals surface area contributed by atoms with E-state index in [1.54, 1.807) is 6.07 Å². The third kappa shape index (κ3) is 4.11. The summed E-state index contributed by atoms with van der Waals surface area (Å²) in [6, 6.07) is 7.34. The van der Waals surface area contributed by atoms with Gasteiger partial charge in [-0.2, -0.15) is 5.26 Å². The summed E-state index contributed by atoms with van der Waals surface area (Å²) in [4.78, 5) is 13.2. The summed E-state index contributed by atoms with van der Waals surface area (Å²) in [6.07, 6.45) is 0.282. The first-order chi connectivity index (χ1) is 8.17. The number of carbonyl (C=O) groups excluding carboxylic acids is 1. The van der Waals surface area contributed by atoms with E-state index in [9.17, 15) is 9.18 Å². The molecule has 0 fully saturated rings.